The Kier molecular flexibility index (Phi) is 10.2. The van der Waals surface area contributed by atoms with Crippen molar-refractivity contribution in [3.05, 3.63) is 41.6 Å². The molecule has 1 aliphatic heterocycles. The monoisotopic (exact) mass is 566 g/mol. The normalized spacial score (nSPS) is 14.3. The Morgan fingerprint density at radius 1 is 1.33 bits per heavy atom. The molecular formula is C22H31IN8O2. The van der Waals surface area contributed by atoms with E-state index in [4.69, 9.17) is 16.2 Å². The zero-order chi connectivity index (χ0) is 22.9. The number of benzene rings is 1. The minimum Gasteiger partial charge on any atom is -0.450 e. The first kappa shape index (κ1) is 26.2. The molecule has 5 N–H and O–H groups in total. The Morgan fingerprint density at radius 2 is 2.03 bits per heavy atom. The molecule has 0 saturated carbocycles. The van der Waals surface area contributed by atoms with Crippen molar-refractivity contribution in [3.8, 4) is 11.8 Å². The lowest BCUT2D eigenvalue weighted by molar-refractivity contribution is 0.0963. The number of nitrogen functional groups attached to an aromatic ring is 1. The van der Waals surface area contributed by atoms with Gasteiger partial charge in [0.15, 0.2) is 5.96 Å². The van der Waals surface area contributed by atoms with E-state index in [1.165, 1.54) is 0 Å². The topological polar surface area (TPSA) is 148 Å². The highest BCUT2D eigenvalue weighted by Gasteiger charge is 2.23. The summed E-state index contributed by atoms with van der Waals surface area (Å²) in [4.78, 5) is 17.9. The van der Waals surface area contributed by atoms with Crippen LogP contribution in [0.3, 0.4) is 0 Å². The van der Waals surface area contributed by atoms with E-state index >= 15 is 0 Å². The van der Waals surface area contributed by atoms with Crippen LogP contribution in [0, 0.1) is 11.3 Å². The highest BCUT2D eigenvalue weighted by Crippen LogP contribution is 2.21. The number of anilines is 1. The molecule has 1 saturated heterocycles. The second-order valence-corrected chi connectivity index (χ2v) is 7.54. The number of ether oxygens (including phenoxy) is 1. The van der Waals surface area contributed by atoms with E-state index in [1.54, 1.807) is 16.5 Å². The lowest BCUT2D eigenvalue weighted by Crippen LogP contribution is -2.48. The fourth-order valence-electron chi connectivity index (χ4n) is 3.66. The van der Waals surface area contributed by atoms with Crippen LogP contribution in [-0.2, 0) is 11.2 Å². The first-order valence-corrected chi connectivity index (χ1v) is 10.8. The second kappa shape index (κ2) is 12.9. The molecule has 2 heterocycles. The zero-order valence-corrected chi connectivity index (χ0v) is 21.1. The van der Waals surface area contributed by atoms with Crippen molar-refractivity contribution in [2.24, 2.45) is 10.7 Å². The number of nitrogens with one attached hydrogen (secondary N) is 1. The van der Waals surface area contributed by atoms with Crippen molar-refractivity contribution in [3.63, 3.8) is 0 Å². The number of nitrogens with zero attached hydrogens (tertiary/aromatic N) is 5. The number of guanidine groups is 1. The predicted molar refractivity (Wildman–Crippen MR) is 138 cm³/mol. The maximum absolute atomic E-state index is 11.8. The number of nitrogens with two attached hydrogens (primary N) is 2. The molecule has 1 aliphatic rings. The Bertz CT molecular complexity index is 978. The molecule has 3 rings (SSSR count). The first-order valence-electron chi connectivity index (χ1n) is 10.8. The van der Waals surface area contributed by atoms with E-state index in [0.717, 1.165) is 18.5 Å². The molecule has 10 nitrogen and oxygen atoms in total. The van der Waals surface area contributed by atoms with E-state index in [2.05, 4.69) is 21.5 Å². The van der Waals surface area contributed by atoms with E-state index in [-0.39, 0.29) is 36.1 Å². The summed E-state index contributed by atoms with van der Waals surface area (Å²) in [6.07, 6.45) is 2.57. The number of aryl methyl sites for hydroxylation is 1. The van der Waals surface area contributed by atoms with Crippen molar-refractivity contribution in [1.82, 2.24) is 20.0 Å². The van der Waals surface area contributed by atoms with E-state index < -0.39 is 0 Å². The highest BCUT2D eigenvalue weighted by molar-refractivity contribution is 14.0. The van der Waals surface area contributed by atoms with Crippen LogP contribution in [-0.4, -0.2) is 59.0 Å². The molecule has 0 atom stereocenters. The third kappa shape index (κ3) is 6.98. The van der Waals surface area contributed by atoms with Crippen LogP contribution in [0.1, 0.15) is 37.4 Å². The molecule has 1 fully saturated rings. The molecular weight excluding hydrogens is 535 g/mol. The minimum absolute atomic E-state index is 0. The van der Waals surface area contributed by atoms with Gasteiger partial charge in [0.25, 0.3) is 0 Å². The summed E-state index contributed by atoms with van der Waals surface area (Å²) < 4.78 is 6.63. The van der Waals surface area contributed by atoms with Gasteiger partial charge in [-0.2, -0.15) is 10.4 Å². The summed E-state index contributed by atoms with van der Waals surface area (Å²) in [5, 5.41) is 17.2. The van der Waals surface area contributed by atoms with Crippen LogP contribution in [0.25, 0.3) is 5.69 Å². The van der Waals surface area contributed by atoms with Crippen LogP contribution in [0.2, 0.25) is 0 Å². The Balaban J connectivity index is 0.00000385. The van der Waals surface area contributed by atoms with Gasteiger partial charge in [-0.3, -0.25) is 4.99 Å². The zero-order valence-electron chi connectivity index (χ0n) is 18.7. The van der Waals surface area contributed by atoms with Crippen molar-refractivity contribution in [1.29, 1.82) is 5.26 Å². The van der Waals surface area contributed by atoms with Gasteiger partial charge in [-0.05, 0) is 44.7 Å². The van der Waals surface area contributed by atoms with Crippen LogP contribution >= 0.6 is 24.0 Å². The van der Waals surface area contributed by atoms with Crippen LogP contribution in [0.4, 0.5) is 10.6 Å². The number of likely N-dealkylation sites (tertiary alicyclic amines) is 1. The molecule has 0 bridgehead atoms. The number of nitriles is 1. The Labute approximate surface area is 211 Å². The number of rotatable bonds is 7. The molecule has 178 valence electrons. The number of halogens is 1. The van der Waals surface area contributed by atoms with Crippen LogP contribution in [0.5, 0.6) is 0 Å². The van der Waals surface area contributed by atoms with Gasteiger partial charge in [0, 0.05) is 25.7 Å². The fourth-order valence-corrected chi connectivity index (χ4v) is 3.66. The number of amides is 1. The van der Waals surface area contributed by atoms with Crippen LogP contribution in [0.15, 0.2) is 35.3 Å². The van der Waals surface area contributed by atoms with Gasteiger partial charge in [0.05, 0.1) is 18.0 Å². The van der Waals surface area contributed by atoms with Gasteiger partial charge in [-0.15, -0.1) is 24.0 Å². The molecule has 11 heteroatoms. The summed E-state index contributed by atoms with van der Waals surface area (Å²) in [6.45, 7) is 3.95. The van der Waals surface area contributed by atoms with Crippen LogP contribution < -0.4 is 16.8 Å². The van der Waals surface area contributed by atoms with E-state index in [9.17, 15) is 10.1 Å². The van der Waals surface area contributed by atoms with Gasteiger partial charge in [0.1, 0.15) is 17.5 Å². The quantitative estimate of drug-likeness (QED) is 0.202. The second-order valence-electron chi connectivity index (χ2n) is 7.54. The molecule has 0 unspecified atom stereocenters. The van der Waals surface area contributed by atoms with E-state index in [0.29, 0.717) is 62.1 Å². The summed E-state index contributed by atoms with van der Waals surface area (Å²) in [7, 11) is 0. The molecule has 1 aromatic carbocycles. The number of aromatic nitrogens is 2. The first-order chi connectivity index (χ1) is 15.5. The summed E-state index contributed by atoms with van der Waals surface area (Å²) in [5.74, 6) is 0.724. The lowest BCUT2D eigenvalue weighted by atomic mass is 10.1. The number of para-hydroxylation sites is 1. The summed E-state index contributed by atoms with van der Waals surface area (Å²) >= 11 is 0. The number of aliphatic imine (C=N–C) groups is 1. The number of hydrogen-bond donors (Lipinski definition) is 3. The Hall–Kier alpha value is -3.01. The predicted octanol–water partition coefficient (Wildman–Crippen LogP) is 2.40. The van der Waals surface area contributed by atoms with Gasteiger partial charge in [0.2, 0.25) is 0 Å². The lowest BCUT2D eigenvalue weighted by Gasteiger charge is -2.31. The smallest absolute Gasteiger partial charge is 0.409 e. The molecule has 0 radical (unpaired) electrons. The standard InChI is InChI=1S/C22H30N8O2.HI/c1-2-32-22(31)29-13-10-16(11-14-29)27-21(25)26-12-6-9-19-18(15-23)20(24)30(28-19)17-7-4-3-5-8-17;/h3-5,7-8,16H,2,6,9-14,24H2,1H3,(H3,25,26,27);1H. The average molecular weight is 566 g/mol. The van der Waals surface area contributed by atoms with Gasteiger partial charge >= 0.3 is 6.09 Å². The largest absolute Gasteiger partial charge is 0.450 e. The number of carbonyl (C=O) groups is 1. The molecule has 1 aromatic heterocycles. The van der Waals surface area contributed by atoms with Gasteiger partial charge in [-0.25, -0.2) is 9.48 Å². The average Bonchev–Trinajstić information content (AvgIpc) is 3.13. The maximum atomic E-state index is 11.8. The molecule has 1 amide bonds. The summed E-state index contributed by atoms with van der Waals surface area (Å²) in [5.41, 5.74) is 14.0. The minimum atomic E-state index is -0.264. The molecule has 0 spiro atoms. The van der Waals surface area contributed by atoms with Crippen molar-refractivity contribution < 1.29 is 9.53 Å². The van der Waals surface area contributed by atoms with Gasteiger partial charge < -0.3 is 26.4 Å². The van der Waals surface area contributed by atoms with E-state index in [1.807, 2.05) is 30.3 Å². The van der Waals surface area contributed by atoms with Crippen molar-refractivity contribution in [2.75, 3.05) is 32.0 Å². The molecule has 2 aromatic rings. The summed E-state index contributed by atoms with van der Waals surface area (Å²) in [6, 6.07) is 11.8. The Morgan fingerprint density at radius 3 is 2.67 bits per heavy atom. The molecule has 0 aliphatic carbocycles. The fraction of sp³-hybridized carbons (Fsp3) is 0.455. The SMILES string of the molecule is CCOC(=O)N1CCC(NC(N)=NCCCc2nn(-c3ccccc3)c(N)c2C#N)CC1.I. The number of hydrogen-bond acceptors (Lipinski definition) is 6. The van der Waals surface area contributed by atoms with Crippen molar-refractivity contribution >= 4 is 41.8 Å². The highest BCUT2D eigenvalue weighted by atomic mass is 127. The number of carbonyl (C=O) groups excluding carboxylic acids is 1. The number of piperidine rings is 1. The molecule has 33 heavy (non-hydrogen) atoms. The van der Waals surface area contributed by atoms with Crippen molar-refractivity contribution in [2.45, 2.75) is 38.6 Å². The third-order valence-electron chi connectivity index (χ3n) is 5.33. The maximum Gasteiger partial charge on any atom is 0.409 e. The van der Waals surface area contributed by atoms with Gasteiger partial charge in [-0.1, -0.05) is 18.2 Å². The third-order valence-corrected chi connectivity index (χ3v) is 5.33.